The van der Waals surface area contributed by atoms with E-state index in [9.17, 15) is 13.6 Å². The highest BCUT2D eigenvalue weighted by molar-refractivity contribution is 5.91. The summed E-state index contributed by atoms with van der Waals surface area (Å²) in [6, 6.07) is 3.61. The average Bonchev–Trinajstić information content (AvgIpc) is 3.22. The Bertz CT molecular complexity index is 1010. The number of rotatable bonds is 6. The molecule has 0 spiro atoms. The number of aromatic nitrogens is 3. The van der Waals surface area contributed by atoms with Crippen molar-refractivity contribution in [1.29, 1.82) is 0 Å². The van der Waals surface area contributed by atoms with Crippen LogP contribution in [0.25, 0.3) is 0 Å². The van der Waals surface area contributed by atoms with E-state index in [0.29, 0.717) is 6.54 Å². The number of oxazole rings is 1. The molecule has 7 nitrogen and oxygen atoms in total. The van der Waals surface area contributed by atoms with Gasteiger partial charge in [-0.2, -0.15) is 9.49 Å². The fourth-order valence-corrected chi connectivity index (χ4v) is 2.76. The molecule has 0 saturated heterocycles. The van der Waals surface area contributed by atoms with Gasteiger partial charge in [-0.3, -0.25) is 9.48 Å². The summed E-state index contributed by atoms with van der Waals surface area (Å²) in [5.41, 5.74) is 2.89. The molecular formula is C19H20F2N4O3. The highest BCUT2D eigenvalue weighted by atomic mass is 19.2. The summed E-state index contributed by atoms with van der Waals surface area (Å²) in [5.74, 6) is -2.62. The summed E-state index contributed by atoms with van der Waals surface area (Å²) < 4.78 is 38.9. The Morgan fingerprint density at radius 1 is 1.32 bits per heavy atom. The van der Waals surface area contributed by atoms with E-state index in [1.165, 1.54) is 23.3 Å². The van der Waals surface area contributed by atoms with E-state index in [4.69, 9.17) is 9.15 Å². The van der Waals surface area contributed by atoms with Crippen LogP contribution in [0.1, 0.15) is 33.3 Å². The number of carbonyl (C=O) groups excluding carboxylic acids is 1. The van der Waals surface area contributed by atoms with Crippen LogP contribution in [0.5, 0.6) is 5.75 Å². The zero-order valence-electron chi connectivity index (χ0n) is 16.0. The minimum Gasteiger partial charge on any atom is -0.481 e. The number of aryl methyl sites for hydroxylation is 2. The van der Waals surface area contributed by atoms with Crippen LogP contribution in [0.4, 0.5) is 8.78 Å². The van der Waals surface area contributed by atoms with Crippen molar-refractivity contribution in [1.82, 2.24) is 19.7 Å². The van der Waals surface area contributed by atoms with Gasteiger partial charge in [0, 0.05) is 31.9 Å². The van der Waals surface area contributed by atoms with Gasteiger partial charge in [0.15, 0.2) is 23.9 Å². The minimum atomic E-state index is -1.09. The third-order valence-corrected chi connectivity index (χ3v) is 4.44. The molecule has 2 aromatic heterocycles. The molecule has 148 valence electrons. The van der Waals surface area contributed by atoms with Crippen LogP contribution in [0.2, 0.25) is 0 Å². The number of amides is 1. The summed E-state index contributed by atoms with van der Waals surface area (Å²) in [4.78, 5) is 18.2. The lowest BCUT2D eigenvalue weighted by Gasteiger charge is -2.16. The molecule has 1 aromatic carbocycles. The van der Waals surface area contributed by atoms with Gasteiger partial charge >= 0.3 is 0 Å². The van der Waals surface area contributed by atoms with Crippen molar-refractivity contribution in [3.05, 3.63) is 64.6 Å². The molecule has 0 aliphatic carbocycles. The maximum atomic E-state index is 13.6. The van der Waals surface area contributed by atoms with Gasteiger partial charge in [0.2, 0.25) is 11.7 Å². The average molecular weight is 390 g/mol. The highest BCUT2D eigenvalue weighted by Gasteiger charge is 2.20. The van der Waals surface area contributed by atoms with Gasteiger partial charge in [0.1, 0.15) is 6.26 Å². The second-order valence-electron chi connectivity index (χ2n) is 6.40. The van der Waals surface area contributed by atoms with Crippen LogP contribution < -0.4 is 4.74 Å². The highest BCUT2D eigenvalue weighted by Crippen LogP contribution is 2.20. The molecule has 0 aliphatic rings. The lowest BCUT2D eigenvalue weighted by Crippen LogP contribution is -2.27. The SMILES string of the molecule is Cc1nn(C)c(C)c1CN(C)C(=O)c1coc(COc2cccc(F)c2F)n1. The summed E-state index contributed by atoms with van der Waals surface area (Å²) in [6.45, 7) is 3.96. The molecule has 0 unspecified atom stereocenters. The van der Waals surface area contributed by atoms with Crippen molar-refractivity contribution < 1.29 is 22.7 Å². The quantitative estimate of drug-likeness (QED) is 0.647. The minimum absolute atomic E-state index is 0.0779. The number of benzene rings is 1. The van der Waals surface area contributed by atoms with Crippen molar-refractivity contribution in [2.24, 2.45) is 7.05 Å². The van der Waals surface area contributed by atoms with Crippen molar-refractivity contribution in [2.45, 2.75) is 27.0 Å². The first-order valence-corrected chi connectivity index (χ1v) is 8.53. The maximum Gasteiger partial charge on any atom is 0.275 e. The van der Waals surface area contributed by atoms with Crippen molar-refractivity contribution in [3.8, 4) is 5.75 Å². The summed E-state index contributed by atoms with van der Waals surface area (Å²) in [7, 11) is 3.50. The van der Waals surface area contributed by atoms with Gasteiger partial charge in [-0.15, -0.1) is 0 Å². The number of nitrogens with zero attached hydrogens (tertiary/aromatic N) is 4. The Labute approximate surface area is 160 Å². The number of carbonyl (C=O) groups is 1. The van der Waals surface area contributed by atoms with Gasteiger partial charge < -0.3 is 14.1 Å². The first-order chi connectivity index (χ1) is 13.3. The van der Waals surface area contributed by atoms with Crippen LogP contribution in [0.3, 0.4) is 0 Å². The van der Waals surface area contributed by atoms with Crippen molar-refractivity contribution >= 4 is 5.91 Å². The van der Waals surface area contributed by atoms with Crippen LogP contribution in [-0.2, 0) is 20.2 Å². The zero-order valence-corrected chi connectivity index (χ0v) is 16.0. The van der Waals surface area contributed by atoms with E-state index < -0.39 is 11.6 Å². The molecule has 0 fully saturated rings. The molecule has 3 aromatic rings. The van der Waals surface area contributed by atoms with Crippen LogP contribution in [-0.4, -0.2) is 32.6 Å². The summed E-state index contributed by atoms with van der Waals surface area (Å²) in [6.07, 6.45) is 1.21. The van der Waals surface area contributed by atoms with Crippen LogP contribution in [0, 0.1) is 25.5 Å². The van der Waals surface area contributed by atoms with E-state index in [2.05, 4.69) is 10.1 Å². The number of hydrogen-bond donors (Lipinski definition) is 0. The van der Waals surface area contributed by atoms with E-state index in [0.717, 1.165) is 23.0 Å². The molecule has 9 heteroatoms. The topological polar surface area (TPSA) is 73.4 Å². The standard InChI is InChI=1S/C19H20F2N4O3/c1-11-13(12(2)25(4)23-11)8-24(3)19(26)15-9-28-17(22-15)10-27-16-7-5-6-14(20)18(16)21/h5-7,9H,8,10H2,1-4H3. The van der Waals surface area contributed by atoms with Gasteiger partial charge in [0.25, 0.3) is 5.91 Å². The van der Waals surface area contributed by atoms with E-state index in [1.54, 1.807) is 11.7 Å². The Morgan fingerprint density at radius 2 is 2.07 bits per heavy atom. The van der Waals surface area contributed by atoms with Crippen molar-refractivity contribution in [3.63, 3.8) is 0 Å². The molecule has 0 radical (unpaired) electrons. The molecule has 2 heterocycles. The molecule has 0 bridgehead atoms. The Hall–Kier alpha value is -3.23. The monoisotopic (exact) mass is 390 g/mol. The fraction of sp³-hybridized carbons (Fsp3) is 0.316. The Kier molecular flexibility index (Phi) is 5.43. The second-order valence-corrected chi connectivity index (χ2v) is 6.40. The predicted molar refractivity (Wildman–Crippen MR) is 95.7 cm³/mol. The van der Waals surface area contributed by atoms with Crippen LogP contribution in [0.15, 0.2) is 28.9 Å². The maximum absolute atomic E-state index is 13.6. The first kappa shape index (κ1) is 19.5. The van der Waals surface area contributed by atoms with Gasteiger partial charge in [0.05, 0.1) is 5.69 Å². The molecule has 0 aliphatic heterocycles. The van der Waals surface area contributed by atoms with E-state index in [-0.39, 0.29) is 29.8 Å². The summed E-state index contributed by atoms with van der Waals surface area (Å²) in [5, 5.41) is 4.34. The summed E-state index contributed by atoms with van der Waals surface area (Å²) >= 11 is 0. The number of halogens is 2. The third-order valence-electron chi connectivity index (χ3n) is 4.44. The van der Waals surface area contributed by atoms with E-state index >= 15 is 0 Å². The Morgan fingerprint density at radius 3 is 2.75 bits per heavy atom. The molecule has 3 rings (SSSR count). The fourth-order valence-electron chi connectivity index (χ4n) is 2.76. The molecular weight excluding hydrogens is 370 g/mol. The zero-order chi connectivity index (χ0) is 20.4. The molecule has 0 atom stereocenters. The molecule has 28 heavy (non-hydrogen) atoms. The molecule has 0 N–H and O–H groups in total. The van der Waals surface area contributed by atoms with Crippen molar-refractivity contribution in [2.75, 3.05) is 7.05 Å². The third kappa shape index (κ3) is 3.88. The van der Waals surface area contributed by atoms with E-state index in [1.807, 2.05) is 20.9 Å². The smallest absolute Gasteiger partial charge is 0.275 e. The van der Waals surface area contributed by atoms with Gasteiger partial charge in [-0.1, -0.05) is 6.07 Å². The first-order valence-electron chi connectivity index (χ1n) is 8.53. The van der Waals surface area contributed by atoms with Gasteiger partial charge in [-0.25, -0.2) is 9.37 Å². The molecule has 1 amide bonds. The molecule has 0 saturated carbocycles. The lowest BCUT2D eigenvalue weighted by atomic mass is 10.2. The van der Waals surface area contributed by atoms with Gasteiger partial charge in [-0.05, 0) is 26.0 Å². The van der Waals surface area contributed by atoms with Crippen LogP contribution >= 0.6 is 0 Å². The number of ether oxygens (including phenoxy) is 1. The normalized spacial score (nSPS) is 10.9. The number of hydrogen-bond acceptors (Lipinski definition) is 5. The second kappa shape index (κ2) is 7.79. The largest absolute Gasteiger partial charge is 0.481 e. The Balaban J connectivity index is 1.65. The lowest BCUT2D eigenvalue weighted by molar-refractivity contribution is 0.0778. The predicted octanol–water partition coefficient (Wildman–Crippen LogP) is 3.15.